The van der Waals surface area contributed by atoms with Crippen molar-refractivity contribution in [1.82, 2.24) is 0 Å². The predicted octanol–water partition coefficient (Wildman–Crippen LogP) is 2.87. The molecule has 1 aromatic carbocycles. The lowest BCUT2D eigenvalue weighted by molar-refractivity contribution is 0.0296. The molecule has 2 heteroatoms. The van der Waals surface area contributed by atoms with Gasteiger partial charge < -0.3 is 10.2 Å². The lowest BCUT2D eigenvalue weighted by Crippen LogP contribution is -2.35. The SMILES string of the molecule is CC(C)(O)C(c1ccccc1)C1C=CC(O)CC1. The maximum absolute atomic E-state index is 10.5. The highest BCUT2D eigenvalue weighted by molar-refractivity contribution is 5.25. The molecule has 1 aliphatic carbocycles. The van der Waals surface area contributed by atoms with Crippen molar-refractivity contribution in [2.24, 2.45) is 5.92 Å². The zero-order chi connectivity index (χ0) is 13.2. The van der Waals surface area contributed by atoms with Crippen LogP contribution in [0.2, 0.25) is 0 Å². The Balaban J connectivity index is 2.30. The van der Waals surface area contributed by atoms with E-state index in [0.717, 1.165) is 18.4 Å². The lowest BCUT2D eigenvalue weighted by atomic mass is 9.72. The summed E-state index contributed by atoms with van der Waals surface area (Å²) in [6.45, 7) is 3.73. The van der Waals surface area contributed by atoms with E-state index in [1.54, 1.807) is 0 Å². The molecular formula is C16H22O2. The van der Waals surface area contributed by atoms with E-state index in [1.807, 2.05) is 38.1 Å². The van der Waals surface area contributed by atoms with E-state index in [2.05, 4.69) is 18.2 Å². The summed E-state index contributed by atoms with van der Waals surface area (Å²) >= 11 is 0. The zero-order valence-corrected chi connectivity index (χ0v) is 11.1. The van der Waals surface area contributed by atoms with Gasteiger partial charge in [0.1, 0.15) is 0 Å². The van der Waals surface area contributed by atoms with Gasteiger partial charge in [-0.2, -0.15) is 0 Å². The Kier molecular flexibility index (Phi) is 3.88. The molecule has 0 aliphatic heterocycles. The number of hydrogen-bond acceptors (Lipinski definition) is 2. The fourth-order valence-corrected chi connectivity index (χ4v) is 2.94. The first-order valence-corrected chi connectivity index (χ1v) is 6.62. The molecular weight excluding hydrogens is 224 g/mol. The normalized spacial score (nSPS) is 26.0. The summed E-state index contributed by atoms with van der Waals surface area (Å²) in [6, 6.07) is 10.2. The monoisotopic (exact) mass is 246 g/mol. The molecule has 0 amide bonds. The smallest absolute Gasteiger partial charge is 0.0721 e. The summed E-state index contributed by atoms with van der Waals surface area (Å²) in [5.41, 5.74) is 0.398. The maximum Gasteiger partial charge on any atom is 0.0721 e. The summed E-state index contributed by atoms with van der Waals surface area (Å²) in [7, 11) is 0. The molecule has 0 radical (unpaired) electrons. The van der Waals surface area contributed by atoms with Gasteiger partial charge in [0.2, 0.25) is 0 Å². The van der Waals surface area contributed by atoms with Crippen LogP contribution < -0.4 is 0 Å². The number of aliphatic hydroxyl groups excluding tert-OH is 1. The molecule has 1 aliphatic rings. The minimum atomic E-state index is -0.765. The standard InChI is InChI=1S/C16H22O2/c1-16(2,18)15(12-6-4-3-5-7-12)13-8-10-14(17)11-9-13/h3-8,10,13-15,17-18H,9,11H2,1-2H3. The quantitative estimate of drug-likeness (QED) is 0.805. The van der Waals surface area contributed by atoms with Crippen LogP contribution in [0.1, 0.15) is 38.2 Å². The average molecular weight is 246 g/mol. The van der Waals surface area contributed by atoms with E-state index in [-0.39, 0.29) is 17.9 Å². The Bertz CT molecular complexity index is 403. The highest BCUT2D eigenvalue weighted by Gasteiger charge is 2.35. The highest BCUT2D eigenvalue weighted by Crippen LogP contribution is 2.39. The maximum atomic E-state index is 10.5. The van der Waals surface area contributed by atoms with Crippen molar-refractivity contribution in [3.63, 3.8) is 0 Å². The third-order valence-corrected chi connectivity index (χ3v) is 3.72. The average Bonchev–Trinajstić information content (AvgIpc) is 2.32. The van der Waals surface area contributed by atoms with Crippen molar-refractivity contribution >= 4 is 0 Å². The van der Waals surface area contributed by atoms with Gasteiger partial charge in [-0.15, -0.1) is 0 Å². The van der Waals surface area contributed by atoms with Gasteiger partial charge >= 0.3 is 0 Å². The number of benzene rings is 1. The first-order chi connectivity index (χ1) is 8.48. The number of rotatable bonds is 3. The summed E-state index contributed by atoms with van der Waals surface area (Å²) < 4.78 is 0. The molecule has 0 bridgehead atoms. The van der Waals surface area contributed by atoms with Crippen LogP contribution in [0.25, 0.3) is 0 Å². The van der Waals surface area contributed by atoms with Crippen molar-refractivity contribution in [2.45, 2.75) is 44.3 Å². The minimum Gasteiger partial charge on any atom is -0.390 e. The highest BCUT2D eigenvalue weighted by atomic mass is 16.3. The second-order valence-electron chi connectivity index (χ2n) is 5.74. The van der Waals surface area contributed by atoms with Crippen LogP contribution >= 0.6 is 0 Å². The van der Waals surface area contributed by atoms with Crippen molar-refractivity contribution in [3.05, 3.63) is 48.0 Å². The number of allylic oxidation sites excluding steroid dienone is 1. The molecule has 2 rings (SSSR count). The molecule has 0 aromatic heterocycles. The third-order valence-electron chi connectivity index (χ3n) is 3.72. The summed E-state index contributed by atoms with van der Waals surface area (Å²) in [6.07, 6.45) is 5.29. The Labute approximate surface area is 109 Å². The Hall–Kier alpha value is -1.12. The minimum absolute atomic E-state index is 0.0717. The van der Waals surface area contributed by atoms with Crippen molar-refractivity contribution in [1.29, 1.82) is 0 Å². The van der Waals surface area contributed by atoms with Crippen LogP contribution in [0.4, 0.5) is 0 Å². The van der Waals surface area contributed by atoms with E-state index >= 15 is 0 Å². The molecule has 3 atom stereocenters. The number of hydrogen-bond donors (Lipinski definition) is 2. The molecule has 0 saturated heterocycles. The van der Waals surface area contributed by atoms with E-state index < -0.39 is 5.60 Å². The lowest BCUT2D eigenvalue weighted by Gasteiger charge is -2.37. The summed E-state index contributed by atoms with van der Waals surface area (Å²) in [4.78, 5) is 0. The fraction of sp³-hybridized carbons (Fsp3) is 0.500. The third kappa shape index (κ3) is 3.01. The van der Waals surface area contributed by atoms with E-state index in [9.17, 15) is 10.2 Å². The van der Waals surface area contributed by atoms with E-state index in [4.69, 9.17) is 0 Å². The largest absolute Gasteiger partial charge is 0.390 e. The first kappa shape index (κ1) is 13.3. The molecule has 3 unspecified atom stereocenters. The van der Waals surface area contributed by atoms with Crippen LogP contribution in [0, 0.1) is 5.92 Å². The molecule has 1 aromatic rings. The molecule has 2 N–H and O–H groups in total. The van der Waals surface area contributed by atoms with Gasteiger partial charge in [-0.1, -0.05) is 42.5 Å². The van der Waals surface area contributed by atoms with Gasteiger partial charge in [-0.25, -0.2) is 0 Å². The first-order valence-electron chi connectivity index (χ1n) is 6.62. The van der Waals surface area contributed by atoms with Crippen LogP contribution in [0.5, 0.6) is 0 Å². The second-order valence-corrected chi connectivity index (χ2v) is 5.74. The van der Waals surface area contributed by atoms with Crippen LogP contribution in [0.3, 0.4) is 0 Å². The van der Waals surface area contributed by atoms with Gasteiger partial charge in [0.05, 0.1) is 11.7 Å². The van der Waals surface area contributed by atoms with Gasteiger partial charge in [0.25, 0.3) is 0 Å². The van der Waals surface area contributed by atoms with Crippen molar-refractivity contribution in [3.8, 4) is 0 Å². The van der Waals surface area contributed by atoms with Crippen LogP contribution in [-0.4, -0.2) is 21.9 Å². The van der Waals surface area contributed by atoms with Crippen molar-refractivity contribution < 1.29 is 10.2 Å². The van der Waals surface area contributed by atoms with E-state index in [1.165, 1.54) is 0 Å². The summed E-state index contributed by atoms with van der Waals surface area (Å²) in [5.74, 6) is 0.359. The molecule has 2 nitrogen and oxygen atoms in total. The fourth-order valence-electron chi connectivity index (χ4n) is 2.94. The Morgan fingerprint density at radius 2 is 1.78 bits per heavy atom. The molecule has 98 valence electrons. The zero-order valence-electron chi connectivity index (χ0n) is 11.1. The Morgan fingerprint density at radius 1 is 1.11 bits per heavy atom. The van der Waals surface area contributed by atoms with Gasteiger partial charge in [-0.05, 0) is 38.2 Å². The molecule has 0 saturated carbocycles. The molecule has 0 heterocycles. The molecule has 0 fully saturated rings. The molecule has 0 spiro atoms. The van der Waals surface area contributed by atoms with Gasteiger partial charge in [0.15, 0.2) is 0 Å². The summed E-state index contributed by atoms with van der Waals surface area (Å²) in [5, 5.41) is 20.0. The Morgan fingerprint density at radius 3 is 2.28 bits per heavy atom. The molecule has 18 heavy (non-hydrogen) atoms. The van der Waals surface area contributed by atoms with E-state index in [0.29, 0.717) is 0 Å². The van der Waals surface area contributed by atoms with Crippen LogP contribution in [-0.2, 0) is 0 Å². The van der Waals surface area contributed by atoms with Crippen LogP contribution in [0.15, 0.2) is 42.5 Å². The second kappa shape index (κ2) is 5.25. The predicted molar refractivity (Wildman–Crippen MR) is 73.4 cm³/mol. The number of aliphatic hydroxyl groups is 2. The van der Waals surface area contributed by atoms with Gasteiger partial charge in [0, 0.05) is 5.92 Å². The van der Waals surface area contributed by atoms with Crippen molar-refractivity contribution in [2.75, 3.05) is 0 Å². The topological polar surface area (TPSA) is 40.5 Å². The van der Waals surface area contributed by atoms with Gasteiger partial charge in [-0.3, -0.25) is 0 Å².